The summed E-state index contributed by atoms with van der Waals surface area (Å²) in [6.45, 7) is 3.67. The molecular formula is C11H11IN2O2. The van der Waals surface area contributed by atoms with E-state index in [0.29, 0.717) is 9.53 Å². The summed E-state index contributed by atoms with van der Waals surface area (Å²) in [5.41, 5.74) is 0.0412. The van der Waals surface area contributed by atoms with Gasteiger partial charge >= 0.3 is 0 Å². The number of carbonyl (C=O) groups is 1. The molecule has 1 rings (SSSR count). The van der Waals surface area contributed by atoms with E-state index in [1.54, 1.807) is 12.1 Å². The summed E-state index contributed by atoms with van der Waals surface area (Å²) in [5.74, 6) is 0.115. The smallest absolute Gasteiger partial charge is 0.262 e. The van der Waals surface area contributed by atoms with E-state index in [1.165, 1.54) is 6.08 Å². The van der Waals surface area contributed by atoms with Gasteiger partial charge in [0.25, 0.3) is 5.91 Å². The summed E-state index contributed by atoms with van der Waals surface area (Å²) in [6, 6.07) is 5.33. The summed E-state index contributed by atoms with van der Waals surface area (Å²) in [6.07, 6.45) is 1.43. The highest BCUT2D eigenvalue weighted by Crippen LogP contribution is 2.13. The van der Waals surface area contributed by atoms with Gasteiger partial charge in [0.2, 0.25) is 0 Å². The van der Waals surface area contributed by atoms with Gasteiger partial charge in [0.15, 0.2) is 3.77 Å². The summed E-state index contributed by atoms with van der Waals surface area (Å²) in [4.78, 5) is 11.6. The van der Waals surface area contributed by atoms with Crippen molar-refractivity contribution in [2.75, 3.05) is 0 Å². The Kier molecular flexibility index (Phi) is 4.55. The van der Waals surface area contributed by atoms with Crippen LogP contribution in [0.1, 0.15) is 19.6 Å². The molecule has 0 aliphatic carbocycles. The van der Waals surface area contributed by atoms with E-state index < -0.39 is 0 Å². The second-order valence-corrected chi connectivity index (χ2v) is 4.50. The quantitative estimate of drug-likeness (QED) is 0.525. The lowest BCUT2D eigenvalue weighted by Crippen LogP contribution is -2.30. The zero-order valence-electron chi connectivity index (χ0n) is 8.95. The molecule has 1 heterocycles. The van der Waals surface area contributed by atoms with Crippen molar-refractivity contribution in [3.63, 3.8) is 0 Å². The van der Waals surface area contributed by atoms with Crippen LogP contribution in [0.4, 0.5) is 0 Å². The highest BCUT2D eigenvalue weighted by atomic mass is 127. The van der Waals surface area contributed by atoms with Gasteiger partial charge in [0, 0.05) is 12.1 Å². The maximum Gasteiger partial charge on any atom is 0.262 e. The predicted octanol–water partition coefficient (Wildman–Crippen LogP) is 2.32. The third kappa shape index (κ3) is 3.70. The zero-order chi connectivity index (χ0) is 12.1. The molecule has 0 aliphatic rings. The van der Waals surface area contributed by atoms with Gasteiger partial charge in [0.1, 0.15) is 17.4 Å². The average molecular weight is 330 g/mol. The lowest BCUT2D eigenvalue weighted by Gasteiger charge is -2.06. The Balaban J connectivity index is 2.87. The van der Waals surface area contributed by atoms with Gasteiger partial charge in [0.05, 0.1) is 0 Å². The highest BCUT2D eigenvalue weighted by Gasteiger charge is 2.10. The van der Waals surface area contributed by atoms with Crippen LogP contribution in [0.5, 0.6) is 0 Å². The van der Waals surface area contributed by atoms with Gasteiger partial charge in [-0.05, 0) is 48.6 Å². The second kappa shape index (κ2) is 5.70. The van der Waals surface area contributed by atoms with E-state index in [0.717, 1.165) is 0 Å². The second-order valence-electron chi connectivity index (χ2n) is 3.44. The standard InChI is InChI=1S/C11H11IN2O2/c1-7(2)14-11(15)8(6-13)5-9-3-4-10(12)16-9/h3-5,7H,1-2H3,(H,14,15). The summed E-state index contributed by atoms with van der Waals surface area (Å²) >= 11 is 2.02. The fraction of sp³-hybridized carbons (Fsp3) is 0.273. The van der Waals surface area contributed by atoms with E-state index in [9.17, 15) is 4.79 Å². The Morgan fingerprint density at radius 1 is 1.62 bits per heavy atom. The molecule has 5 heteroatoms. The number of halogens is 1. The van der Waals surface area contributed by atoms with Gasteiger partial charge in [-0.15, -0.1) is 0 Å². The van der Waals surface area contributed by atoms with Crippen LogP contribution in [0, 0.1) is 15.1 Å². The van der Waals surface area contributed by atoms with E-state index >= 15 is 0 Å². The van der Waals surface area contributed by atoms with Crippen LogP contribution in [0.2, 0.25) is 0 Å². The predicted molar refractivity (Wildman–Crippen MR) is 68.3 cm³/mol. The number of furan rings is 1. The van der Waals surface area contributed by atoms with E-state index in [2.05, 4.69) is 5.32 Å². The molecule has 4 nitrogen and oxygen atoms in total. The van der Waals surface area contributed by atoms with E-state index in [4.69, 9.17) is 9.68 Å². The van der Waals surface area contributed by atoms with Crippen LogP contribution in [-0.4, -0.2) is 11.9 Å². The Hall–Kier alpha value is -1.29. The van der Waals surface area contributed by atoms with Crippen molar-refractivity contribution < 1.29 is 9.21 Å². The molecule has 0 unspecified atom stereocenters. The van der Waals surface area contributed by atoms with Gasteiger partial charge in [-0.1, -0.05) is 0 Å². The largest absolute Gasteiger partial charge is 0.451 e. The first-order chi connectivity index (χ1) is 7.52. The molecular weight excluding hydrogens is 319 g/mol. The average Bonchev–Trinajstić information content (AvgIpc) is 2.59. The lowest BCUT2D eigenvalue weighted by atomic mass is 10.2. The Morgan fingerprint density at radius 2 is 2.31 bits per heavy atom. The number of hydrogen-bond donors (Lipinski definition) is 1. The highest BCUT2D eigenvalue weighted by molar-refractivity contribution is 14.1. The minimum Gasteiger partial charge on any atom is -0.451 e. The van der Waals surface area contributed by atoms with Crippen LogP contribution < -0.4 is 5.32 Å². The first kappa shape index (κ1) is 12.8. The molecule has 1 aromatic heterocycles. The van der Waals surface area contributed by atoms with Crippen LogP contribution in [0.25, 0.3) is 6.08 Å². The molecule has 1 aromatic rings. The van der Waals surface area contributed by atoms with E-state index in [-0.39, 0.29) is 17.5 Å². The molecule has 16 heavy (non-hydrogen) atoms. The molecule has 0 aromatic carbocycles. The molecule has 1 N–H and O–H groups in total. The van der Waals surface area contributed by atoms with Gasteiger partial charge in [-0.2, -0.15) is 5.26 Å². The van der Waals surface area contributed by atoms with Gasteiger partial charge < -0.3 is 9.73 Å². The molecule has 0 spiro atoms. The molecule has 0 saturated heterocycles. The Labute approximate surface area is 107 Å². The van der Waals surface area contributed by atoms with Gasteiger partial charge in [-0.25, -0.2) is 0 Å². The normalized spacial score (nSPS) is 11.3. The third-order valence-electron chi connectivity index (χ3n) is 1.67. The maximum atomic E-state index is 11.6. The van der Waals surface area contributed by atoms with Crippen molar-refractivity contribution in [3.8, 4) is 6.07 Å². The molecule has 0 saturated carbocycles. The first-order valence-electron chi connectivity index (χ1n) is 4.71. The summed E-state index contributed by atoms with van der Waals surface area (Å²) in [5, 5.41) is 11.5. The van der Waals surface area contributed by atoms with Crippen LogP contribution in [0.15, 0.2) is 22.1 Å². The topological polar surface area (TPSA) is 66.0 Å². The number of nitriles is 1. The molecule has 84 valence electrons. The molecule has 0 aliphatic heterocycles. The molecule has 0 radical (unpaired) electrons. The Morgan fingerprint density at radius 3 is 2.75 bits per heavy atom. The van der Waals surface area contributed by atoms with Crippen molar-refractivity contribution in [1.29, 1.82) is 5.26 Å². The van der Waals surface area contributed by atoms with Crippen molar-refractivity contribution >= 4 is 34.6 Å². The van der Waals surface area contributed by atoms with Crippen molar-refractivity contribution in [3.05, 3.63) is 27.2 Å². The number of nitrogens with zero attached hydrogens (tertiary/aromatic N) is 1. The molecule has 1 amide bonds. The number of nitrogens with one attached hydrogen (secondary N) is 1. The first-order valence-corrected chi connectivity index (χ1v) is 5.79. The lowest BCUT2D eigenvalue weighted by molar-refractivity contribution is -0.117. The summed E-state index contributed by atoms with van der Waals surface area (Å²) < 4.78 is 5.96. The number of amides is 1. The number of rotatable bonds is 3. The molecule has 0 fully saturated rings. The minimum atomic E-state index is -0.385. The van der Waals surface area contributed by atoms with Crippen molar-refractivity contribution in [2.24, 2.45) is 0 Å². The fourth-order valence-electron chi connectivity index (χ4n) is 1.04. The fourth-order valence-corrected chi connectivity index (χ4v) is 1.47. The monoisotopic (exact) mass is 330 g/mol. The van der Waals surface area contributed by atoms with Gasteiger partial charge in [-0.3, -0.25) is 4.79 Å². The van der Waals surface area contributed by atoms with Crippen LogP contribution >= 0.6 is 22.6 Å². The van der Waals surface area contributed by atoms with Crippen molar-refractivity contribution in [1.82, 2.24) is 5.32 Å². The molecule has 0 bridgehead atoms. The molecule has 0 atom stereocenters. The SMILES string of the molecule is CC(C)NC(=O)C(C#N)=Cc1ccc(I)o1. The van der Waals surface area contributed by atoms with E-state index in [1.807, 2.05) is 42.5 Å². The van der Waals surface area contributed by atoms with Crippen LogP contribution in [0.3, 0.4) is 0 Å². The minimum absolute atomic E-state index is 0.000914. The van der Waals surface area contributed by atoms with Crippen LogP contribution in [-0.2, 0) is 4.79 Å². The zero-order valence-corrected chi connectivity index (χ0v) is 11.1. The Bertz CT molecular complexity index is 455. The number of carbonyl (C=O) groups excluding carboxylic acids is 1. The van der Waals surface area contributed by atoms with Crippen molar-refractivity contribution in [2.45, 2.75) is 19.9 Å². The summed E-state index contributed by atoms with van der Waals surface area (Å²) in [7, 11) is 0. The maximum absolute atomic E-state index is 11.6. The third-order valence-corrected chi connectivity index (χ3v) is 2.25. The number of hydrogen-bond acceptors (Lipinski definition) is 3.